The minimum Gasteiger partial charge on any atom is -0.491 e. The average Bonchev–Trinajstić information content (AvgIpc) is 3.52. The predicted molar refractivity (Wildman–Crippen MR) is 123 cm³/mol. The van der Waals surface area contributed by atoms with Crippen LogP contribution in [0.5, 0.6) is 5.75 Å². The van der Waals surface area contributed by atoms with E-state index < -0.39 is 0 Å². The number of ether oxygens (including phenoxy) is 1. The lowest BCUT2D eigenvalue weighted by Gasteiger charge is -2.38. The van der Waals surface area contributed by atoms with Crippen LogP contribution >= 0.6 is 11.3 Å². The van der Waals surface area contributed by atoms with Crippen molar-refractivity contribution in [3.63, 3.8) is 0 Å². The number of thiophene rings is 1. The Labute approximate surface area is 189 Å². The Balaban J connectivity index is 1.52. The fraction of sp³-hybridized carbons (Fsp3) is 0.520. The second-order valence-corrected chi connectivity index (χ2v) is 9.73. The fourth-order valence-electron chi connectivity index (χ4n) is 4.23. The molecule has 0 radical (unpaired) electrons. The maximum Gasteiger partial charge on any atom is 0.242 e. The van der Waals surface area contributed by atoms with E-state index in [1.165, 1.54) is 10.4 Å². The zero-order valence-corrected chi connectivity index (χ0v) is 19.5. The summed E-state index contributed by atoms with van der Waals surface area (Å²) in [4.78, 5) is 31.4. The molecule has 2 amide bonds. The first-order valence-electron chi connectivity index (χ1n) is 11.3. The maximum absolute atomic E-state index is 13.5. The van der Waals surface area contributed by atoms with Crippen molar-refractivity contribution in [2.75, 3.05) is 19.7 Å². The van der Waals surface area contributed by atoms with E-state index in [2.05, 4.69) is 18.4 Å². The molecule has 1 saturated carbocycles. The number of amides is 2. The predicted octanol–water partition coefficient (Wildman–Crippen LogP) is 4.60. The van der Waals surface area contributed by atoms with E-state index in [9.17, 15) is 9.59 Å². The highest BCUT2D eigenvalue weighted by Crippen LogP contribution is 2.35. The number of carbonyl (C=O) groups is 2. The number of rotatable bonds is 8. The van der Waals surface area contributed by atoms with Crippen LogP contribution in [-0.4, -0.2) is 47.4 Å². The summed E-state index contributed by atoms with van der Waals surface area (Å²) in [5.74, 6) is 1.13. The second-order valence-electron chi connectivity index (χ2n) is 8.73. The lowest BCUT2D eigenvalue weighted by Crippen LogP contribution is -2.50. The molecule has 6 heteroatoms. The maximum atomic E-state index is 13.5. The molecule has 0 bridgehead atoms. The van der Waals surface area contributed by atoms with E-state index >= 15 is 0 Å². The summed E-state index contributed by atoms with van der Waals surface area (Å²) >= 11 is 1.75. The summed E-state index contributed by atoms with van der Waals surface area (Å²) in [6.07, 6.45) is 3.61. The molecule has 1 aromatic carbocycles. The molecule has 2 atom stereocenters. The van der Waals surface area contributed by atoms with Crippen LogP contribution in [0.4, 0.5) is 0 Å². The number of benzene rings is 1. The summed E-state index contributed by atoms with van der Waals surface area (Å²) < 4.78 is 6.18. The smallest absolute Gasteiger partial charge is 0.242 e. The molecule has 4 rings (SSSR count). The Hall–Kier alpha value is -2.34. The van der Waals surface area contributed by atoms with Gasteiger partial charge in [-0.15, -0.1) is 11.3 Å². The lowest BCUT2D eigenvalue weighted by molar-refractivity contribution is -0.145. The Morgan fingerprint density at radius 3 is 2.74 bits per heavy atom. The van der Waals surface area contributed by atoms with Gasteiger partial charge in [-0.3, -0.25) is 9.59 Å². The van der Waals surface area contributed by atoms with Crippen molar-refractivity contribution in [1.82, 2.24) is 9.80 Å². The number of fused-ring (bicyclic) bond motifs is 1. The van der Waals surface area contributed by atoms with Crippen molar-refractivity contribution in [2.24, 2.45) is 5.92 Å². The molecule has 0 spiro atoms. The van der Waals surface area contributed by atoms with Crippen LogP contribution in [0.2, 0.25) is 0 Å². The van der Waals surface area contributed by atoms with Gasteiger partial charge in [-0.2, -0.15) is 0 Å². The molecule has 1 aliphatic carbocycles. The molecule has 0 N–H and O–H groups in total. The van der Waals surface area contributed by atoms with Crippen molar-refractivity contribution >= 4 is 23.2 Å². The minimum absolute atomic E-state index is 0.0181. The number of aryl methyl sites for hydroxylation is 1. The van der Waals surface area contributed by atoms with Crippen LogP contribution in [-0.2, 0) is 16.0 Å². The van der Waals surface area contributed by atoms with Gasteiger partial charge >= 0.3 is 0 Å². The van der Waals surface area contributed by atoms with Gasteiger partial charge < -0.3 is 14.5 Å². The van der Waals surface area contributed by atoms with E-state index in [4.69, 9.17) is 4.74 Å². The van der Waals surface area contributed by atoms with Crippen LogP contribution in [0.15, 0.2) is 35.7 Å². The number of hydrogen-bond acceptors (Lipinski definition) is 4. The van der Waals surface area contributed by atoms with Crippen molar-refractivity contribution < 1.29 is 14.3 Å². The molecule has 1 aliphatic heterocycles. The summed E-state index contributed by atoms with van der Waals surface area (Å²) in [7, 11) is 0. The van der Waals surface area contributed by atoms with Crippen LogP contribution in [0.25, 0.3) is 0 Å². The summed E-state index contributed by atoms with van der Waals surface area (Å²) in [6, 6.07) is 10.0. The average molecular weight is 441 g/mol. The zero-order valence-electron chi connectivity index (χ0n) is 18.7. The SMILES string of the molecule is CC[C@H](C)N(CC(=O)N1CCc2sccc2[C@H]1COc1ccccc1C)C(=O)C1CC1. The van der Waals surface area contributed by atoms with E-state index in [0.29, 0.717) is 13.2 Å². The molecule has 2 aromatic rings. The molecule has 1 aromatic heterocycles. The molecule has 5 nitrogen and oxygen atoms in total. The van der Waals surface area contributed by atoms with Gasteiger partial charge in [-0.25, -0.2) is 0 Å². The molecular weight excluding hydrogens is 408 g/mol. The van der Waals surface area contributed by atoms with Gasteiger partial charge in [0.2, 0.25) is 11.8 Å². The van der Waals surface area contributed by atoms with E-state index in [1.807, 2.05) is 47.9 Å². The second kappa shape index (κ2) is 9.43. The van der Waals surface area contributed by atoms with Crippen molar-refractivity contribution in [3.05, 3.63) is 51.7 Å². The lowest BCUT2D eigenvalue weighted by atomic mass is 10.00. The number of carbonyl (C=O) groups excluding carboxylic acids is 2. The van der Waals surface area contributed by atoms with Gasteiger partial charge in [-0.1, -0.05) is 25.1 Å². The van der Waals surface area contributed by atoms with Gasteiger partial charge in [-0.05, 0) is 68.2 Å². The Morgan fingerprint density at radius 1 is 1.26 bits per heavy atom. The highest BCUT2D eigenvalue weighted by molar-refractivity contribution is 7.10. The molecule has 2 heterocycles. The molecule has 0 saturated heterocycles. The topological polar surface area (TPSA) is 49.9 Å². The Morgan fingerprint density at radius 2 is 2.03 bits per heavy atom. The van der Waals surface area contributed by atoms with Gasteiger partial charge in [0.15, 0.2) is 0 Å². The Bertz CT molecular complexity index is 936. The van der Waals surface area contributed by atoms with Gasteiger partial charge in [0.05, 0.1) is 6.04 Å². The molecule has 1 fully saturated rings. The first-order chi connectivity index (χ1) is 15.0. The van der Waals surface area contributed by atoms with Crippen LogP contribution < -0.4 is 4.74 Å². The van der Waals surface area contributed by atoms with Crippen LogP contribution in [0.1, 0.15) is 55.2 Å². The molecular formula is C25H32N2O3S. The fourth-order valence-corrected chi connectivity index (χ4v) is 5.16. The van der Waals surface area contributed by atoms with Crippen LogP contribution in [0.3, 0.4) is 0 Å². The third-order valence-electron chi connectivity index (χ3n) is 6.54. The standard InChI is InChI=1S/C25H32N2O3S/c1-4-18(3)27(25(29)19-9-10-19)15-24(28)26-13-11-23-20(12-14-31-23)21(26)16-30-22-8-6-5-7-17(22)2/h5-8,12,14,18-19,21H,4,9-11,13,15-16H2,1-3H3/t18-,21+/m0/s1. The molecule has 2 aliphatic rings. The Kier molecular flexibility index (Phi) is 6.65. The van der Waals surface area contributed by atoms with Gasteiger partial charge in [0.1, 0.15) is 18.9 Å². The first kappa shape index (κ1) is 21.9. The summed E-state index contributed by atoms with van der Waals surface area (Å²) in [5, 5.41) is 2.10. The minimum atomic E-state index is -0.128. The number of para-hydroxylation sites is 1. The summed E-state index contributed by atoms with van der Waals surface area (Å²) in [6.45, 7) is 7.38. The first-order valence-corrected chi connectivity index (χ1v) is 12.2. The van der Waals surface area contributed by atoms with Crippen molar-refractivity contribution in [2.45, 2.75) is 58.5 Å². The molecule has 166 valence electrons. The van der Waals surface area contributed by atoms with Crippen molar-refractivity contribution in [3.8, 4) is 5.75 Å². The van der Waals surface area contributed by atoms with Gasteiger partial charge in [0.25, 0.3) is 0 Å². The number of nitrogens with zero attached hydrogens (tertiary/aromatic N) is 2. The van der Waals surface area contributed by atoms with Crippen molar-refractivity contribution in [1.29, 1.82) is 0 Å². The normalized spacial score (nSPS) is 18.9. The zero-order chi connectivity index (χ0) is 22.0. The molecule has 0 unspecified atom stereocenters. The monoisotopic (exact) mass is 440 g/mol. The van der Waals surface area contributed by atoms with Crippen LogP contribution in [0, 0.1) is 12.8 Å². The third-order valence-corrected chi connectivity index (χ3v) is 7.54. The third kappa shape index (κ3) is 4.79. The number of hydrogen-bond donors (Lipinski definition) is 0. The van der Waals surface area contributed by atoms with E-state index in [-0.39, 0.29) is 36.4 Å². The quantitative estimate of drug-likeness (QED) is 0.603. The van der Waals surface area contributed by atoms with E-state index in [0.717, 1.165) is 37.0 Å². The highest BCUT2D eigenvalue weighted by Gasteiger charge is 2.38. The largest absolute Gasteiger partial charge is 0.491 e. The van der Waals surface area contributed by atoms with E-state index in [1.54, 1.807) is 11.3 Å². The van der Waals surface area contributed by atoms with Gasteiger partial charge in [0, 0.05) is 23.4 Å². The highest BCUT2D eigenvalue weighted by atomic mass is 32.1. The molecule has 31 heavy (non-hydrogen) atoms. The summed E-state index contributed by atoms with van der Waals surface area (Å²) in [5.41, 5.74) is 2.27.